The maximum absolute atomic E-state index is 12.2. The van der Waals surface area contributed by atoms with E-state index >= 15 is 0 Å². The molecule has 0 fully saturated rings. The number of phenols is 1. The van der Waals surface area contributed by atoms with E-state index in [2.05, 4.69) is 53.7 Å². The van der Waals surface area contributed by atoms with Gasteiger partial charge >= 0.3 is 0 Å². The monoisotopic (exact) mass is 936 g/mol. The number of aromatic nitrogens is 3. The van der Waals surface area contributed by atoms with Crippen molar-refractivity contribution >= 4 is 11.0 Å². The molecule has 70 heavy (non-hydrogen) atoms. The van der Waals surface area contributed by atoms with Crippen molar-refractivity contribution in [3.8, 4) is 78.6 Å². The van der Waals surface area contributed by atoms with E-state index in [0.29, 0.717) is 61.6 Å². The third-order valence-electron chi connectivity index (χ3n) is 13.0. The van der Waals surface area contributed by atoms with Crippen molar-refractivity contribution in [1.82, 2.24) is 14.5 Å². The average Bonchev–Trinajstić information content (AvgIpc) is 0.745. The Balaban J connectivity index is 1.31. The number of benzene rings is 7. The molecule has 0 bridgehead atoms. The van der Waals surface area contributed by atoms with Gasteiger partial charge in [-0.1, -0.05) is 186 Å². The standard InChI is InChI=1S/C66H69N3O/c1-41-34-46(59-52(44-20-16-15-17-21-44)22-18-24-55(59)66(12,13)14)28-31-57(41)69-58-25-19-23-53(60(58)68-62(69)54-40-50(64(6,7)8)35-42(2)61(54)70)47-36-48(38-51(37-47)65(9,10)11)56-39-45(32-33-67-56)43-26-29-49(30-27-43)63(3,4)5/h15-40,70H,1-14H3/i1D3,3D3,4D3,5D3,26D,27D,29D,30D. The average molecular weight is 936 g/mol. The van der Waals surface area contributed by atoms with E-state index in [1.165, 1.54) is 18.3 Å². The van der Waals surface area contributed by atoms with Gasteiger partial charge in [-0.25, -0.2) is 4.98 Å². The Labute approximate surface area is 439 Å². The summed E-state index contributed by atoms with van der Waals surface area (Å²) in [7, 11) is 0. The van der Waals surface area contributed by atoms with E-state index in [-0.39, 0.29) is 33.3 Å². The first-order valence-electron chi connectivity index (χ1n) is 31.5. The van der Waals surface area contributed by atoms with Crippen molar-refractivity contribution in [2.24, 2.45) is 0 Å². The third kappa shape index (κ3) is 9.25. The van der Waals surface area contributed by atoms with Crippen molar-refractivity contribution in [2.75, 3.05) is 0 Å². The molecule has 0 spiro atoms. The topological polar surface area (TPSA) is 50.9 Å². The summed E-state index contributed by atoms with van der Waals surface area (Å²) >= 11 is 0. The summed E-state index contributed by atoms with van der Waals surface area (Å²) in [6, 6.07) is 36.0. The smallest absolute Gasteiger partial charge is 0.149 e. The highest BCUT2D eigenvalue weighted by Gasteiger charge is 2.27. The predicted octanol–water partition coefficient (Wildman–Crippen LogP) is 17.9. The van der Waals surface area contributed by atoms with Crippen molar-refractivity contribution in [1.29, 1.82) is 0 Å². The summed E-state index contributed by atoms with van der Waals surface area (Å²) in [5.41, 5.74) is 4.31. The van der Waals surface area contributed by atoms with E-state index in [0.717, 1.165) is 33.4 Å². The fourth-order valence-electron chi connectivity index (χ4n) is 9.13. The molecule has 1 N–H and O–H groups in total. The van der Waals surface area contributed by atoms with Gasteiger partial charge in [-0.15, -0.1) is 0 Å². The van der Waals surface area contributed by atoms with E-state index in [1.807, 2.05) is 129 Å². The van der Waals surface area contributed by atoms with E-state index < -0.39 is 68.0 Å². The number of para-hydroxylation sites is 1. The zero-order valence-corrected chi connectivity index (χ0v) is 41.5. The fourth-order valence-corrected chi connectivity index (χ4v) is 9.13. The Morgan fingerprint density at radius 1 is 0.514 bits per heavy atom. The van der Waals surface area contributed by atoms with Gasteiger partial charge in [-0.3, -0.25) is 9.55 Å². The fraction of sp³-hybridized carbons (Fsp3) is 0.273. The summed E-state index contributed by atoms with van der Waals surface area (Å²) in [6.45, 7) is 6.36. The molecule has 0 aliphatic rings. The Bertz CT molecular complexity index is 4070. The Kier molecular flexibility index (Phi) is 8.10. The molecule has 9 rings (SSSR count). The molecule has 4 heteroatoms. The highest BCUT2D eigenvalue weighted by atomic mass is 16.3. The second-order valence-electron chi connectivity index (χ2n) is 21.4. The van der Waals surface area contributed by atoms with Crippen LogP contribution in [0.25, 0.3) is 83.9 Å². The van der Waals surface area contributed by atoms with Gasteiger partial charge in [0.25, 0.3) is 0 Å². The lowest BCUT2D eigenvalue weighted by Gasteiger charge is -2.26. The molecule has 0 saturated carbocycles. The Hall–Kier alpha value is -7.04. The van der Waals surface area contributed by atoms with Crippen LogP contribution in [0.5, 0.6) is 5.75 Å². The van der Waals surface area contributed by atoms with Gasteiger partial charge in [-0.05, 0) is 156 Å². The molecule has 4 nitrogen and oxygen atoms in total. The molecule has 0 aliphatic heterocycles. The number of fused-ring (bicyclic) bond motifs is 1. The number of nitrogens with zero attached hydrogens (tertiary/aromatic N) is 3. The van der Waals surface area contributed by atoms with Gasteiger partial charge in [0, 0.05) is 33.8 Å². The second kappa shape index (κ2) is 17.7. The van der Waals surface area contributed by atoms with Gasteiger partial charge in [0.1, 0.15) is 11.6 Å². The minimum atomic E-state index is -3.84. The number of phenolic OH excluding ortho intramolecular Hbond substituents is 1. The number of aryl methyl sites for hydroxylation is 2. The molecule has 7 aromatic carbocycles. The van der Waals surface area contributed by atoms with Gasteiger partial charge in [0.05, 0.1) is 33.5 Å². The molecule has 0 amide bonds. The van der Waals surface area contributed by atoms with Crippen molar-refractivity contribution in [3.05, 3.63) is 191 Å². The predicted molar refractivity (Wildman–Crippen MR) is 297 cm³/mol. The van der Waals surface area contributed by atoms with Gasteiger partial charge in [0.15, 0.2) is 0 Å². The van der Waals surface area contributed by atoms with Gasteiger partial charge in [-0.2, -0.15) is 0 Å². The van der Waals surface area contributed by atoms with E-state index in [9.17, 15) is 12.0 Å². The largest absolute Gasteiger partial charge is 0.507 e. The molecule has 2 heterocycles. The first-order chi connectivity index (χ1) is 39.6. The molecule has 2 aromatic heterocycles. The molecular formula is C66H69N3O. The first-order valence-corrected chi connectivity index (χ1v) is 23.5. The SMILES string of the molecule is [2H]c1c([2H])c(C(C([2H])([2H])[2H])(C([2H])([2H])[2H])C([2H])([2H])[2H])c([2H])c([2H])c1-c1ccnc(-c2cc(-c3cccc4c3nc(-c3cc(C(C)(C)C)cc(C)c3O)n4-c3ccc(-c4c(-c5ccccc5)cccc4C(C)(C)C)cc3C([2H])([2H])[2H])cc(C(C)(C)C)c2)c1. The summed E-state index contributed by atoms with van der Waals surface area (Å²) < 4.78 is 141. The Morgan fingerprint density at radius 2 is 1.20 bits per heavy atom. The van der Waals surface area contributed by atoms with Crippen LogP contribution >= 0.6 is 0 Å². The van der Waals surface area contributed by atoms with Crippen molar-refractivity contribution < 1.29 is 27.0 Å². The minimum Gasteiger partial charge on any atom is -0.507 e. The lowest BCUT2D eigenvalue weighted by atomic mass is 9.78. The summed E-state index contributed by atoms with van der Waals surface area (Å²) in [5.74, 6) is 0.263. The highest BCUT2D eigenvalue weighted by molar-refractivity contribution is 5.97. The van der Waals surface area contributed by atoms with Crippen LogP contribution in [0, 0.1) is 13.8 Å². The number of imidazole rings is 1. The summed E-state index contributed by atoms with van der Waals surface area (Å²) in [5, 5.41) is 12.2. The second-order valence-corrected chi connectivity index (χ2v) is 21.4. The number of hydrogen-bond donors (Lipinski definition) is 1. The highest BCUT2D eigenvalue weighted by Crippen LogP contribution is 2.45. The van der Waals surface area contributed by atoms with Crippen molar-refractivity contribution in [2.45, 2.75) is 118 Å². The molecule has 0 aliphatic carbocycles. The zero-order valence-electron chi connectivity index (χ0n) is 57.5. The number of aromatic hydroxyl groups is 1. The molecule has 0 saturated heterocycles. The molecule has 354 valence electrons. The maximum atomic E-state index is 12.2. The summed E-state index contributed by atoms with van der Waals surface area (Å²) in [4.78, 5) is 10.2. The maximum Gasteiger partial charge on any atom is 0.149 e. The Morgan fingerprint density at radius 3 is 1.89 bits per heavy atom. The van der Waals surface area contributed by atoms with Crippen LogP contribution < -0.4 is 0 Å². The van der Waals surface area contributed by atoms with Crippen LogP contribution in [0.4, 0.5) is 0 Å². The zero-order chi connectivity index (χ0) is 63.6. The lowest BCUT2D eigenvalue weighted by molar-refractivity contribution is 0.471. The van der Waals surface area contributed by atoms with Crippen LogP contribution in [-0.4, -0.2) is 19.6 Å². The number of pyridine rings is 1. The molecule has 9 aromatic rings. The summed E-state index contributed by atoms with van der Waals surface area (Å²) in [6.07, 6.45) is 1.40. The van der Waals surface area contributed by atoms with Crippen LogP contribution in [0.3, 0.4) is 0 Å². The van der Waals surface area contributed by atoms with Crippen molar-refractivity contribution in [3.63, 3.8) is 0 Å². The first kappa shape index (κ1) is 32.0. The van der Waals surface area contributed by atoms with E-state index in [4.69, 9.17) is 25.0 Å². The van der Waals surface area contributed by atoms with E-state index in [1.54, 1.807) is 6.07 Å². The minimum absolute atomic E-state index is 0.0275. The van der Waals surface area contributed by atoms with Crippen LogP contribution in [0.2, 0.25) is 0 Å². The van der Waals surface area contributed by atoms with Crippen LogP contribution in [-0.2, 0) is 21.7 Å². The van der Waals surface area contributed by atoms with Gasteiger partial charge in [0.2, 0.25) is 0 Å². The van der Waals surface area contributed by atoms with Gasteiger partial charge < -0.3 is 5.11 Å². The molecule has 0 unspecified atom stereocenters. The van der Waals surface area contributed by atoms with Crippen LogP contribution in [0.15, 0.2) is 158 Å². The van der Waals surface area contributed by atoms with Crippen LogP contribution in [0.1, 0.15) is 138 Å². The number of rotatable bonds is 7. The third-order valence-corrected chi connectivity index (χ3v) is 13.0. The normalized spacial score (nSPS) is 16.5. The molecule has 0 atom stereocenters. The molecular weight excluding hydrogens is 851 g/mol. The lowest BCUT2D eigenvalue weighted by Crippen LogP contribution is -2.13. The quantitative estimate of drug-likeness (QED) is 0.173. The number of hydrogen-bond acceptors (Lipinski definition) is 3. The molecule has 0 radical (unpaired) electrons.